The highest BCUT2D eigenvalue weighted by Crippen LogP contribution is 2.27. The minimum Gasteiger partial charge on any atom is -0.465 e. The van der Waals surface area contributed by atoms with Crippen molar-refractivity contribution in [3.63, 3.8) is 0 Å². The first-order chi connectivity index (χ1) is 10.1. The zero-order valence-electron chi connectivity index (χ0n) is 10.9. The Morgan fingerprint density at radius 1 is 1.19 bits per heavy atom. The van der Waals surface area contributed by atoms with E-state index in [4.69, 9.17) is 23.2 Å². The van der Waals surface area contributed by atoms with Crippen LogP contribution in [0.5, 0.6) is 0 Å². The van der Waals surface area contributed by atoms with Crippen molar-refractivity contribution in [3.8, 4) is 11.4 Å². The average Bonchev–Trinajstić information content (AvgIpc) is 2.92. The van der Waals surface area contributed by atoms with Crippen LogP contribution >= 0.6 is 23.2 Å². The number of aromatic nitrogens is 3. The number of nitrogens with zero attached hydrogens (tertiary/aromatic N) is 3. The smallest absolute Gasteiger partial charge is 0.339 e. The third-order valence-corrected chi connectivity index (χ3v) is 3.67. The van der Waals surface area contributed by atoms with Gasteiger partial charge in [0, 0.05) is 11.8 Å². The number of benzene rings is 1. The Bertz CT molecular complexity index is 845. The molecule has 3 rings (SSSR count). The van der Waals surface area contributed by atoms with Crippen molar-refractivity contribution in [2.45, 2.75) is 0 Å². The Hall–Kier alpha value is -2.11. The summed E-state index contributed by atoms with van der Waals surface area (Å²) in [6.07, 6.45) is 1.56. The molecule has 1 aromatic carbocycles. The van der Waals surface area contributed by atoms with Crippen molar-refractivity contribution < 1.29 is 9.53 Å². The first kappa shape index (κ1) is 13.9. The molecule has 0 fully saturated rings. The van der Waals surface area contributed by atoms with Crippen molar-refractivity contribution in [2.75, 3.05) is 7.11 Å². The molecule has 106 valence electrons. The number of pyridine rings is 1. The van der Waals surface area contributed by atoms with Gasteiger partial charge in [-0.25, -0.2) is 14.3 Å². The van der Waals surface area contributed by atoms with E-state index >= 15 is 0 Å². The first-order valence-electron chi connectivity index (χ1n) is 5.98. The second kappa shape index (κ2) is 5.35. The predicted octanol–water partition coefficient (Wildman–Crippen LogP) is 3.49. The van der Waals surface area contributed by atoms with E-state index < -0.39 is 5.97 Å². The van der Waals surface area contributed by atoms with Gasteiger partial charge >= 0.3 is 5.97 Å². The van der Waals surface area contributed by atoms with Gasteiger partial charge in [0.05, 0.1) is 22.7 Å². The number of carbonyl (C=O) groups excluding carboxylic acids is 1. The van der Waals surface area contributed by atoms with Crippen LogP contribution in [0.2, 0.25) is 10.0 Å². The van der Waals surface area contributed by atoms with Gasteiger partial charge in [-0.05, 0) is 30.3 Å². The molecule has 0 saturated carbocycles. The summed E-state index contributed by atoms with van der Waals surface area (Å²) in [5, 5.41) is 5.23. The number of esters is 1. The summed E-state index contributed by atoms with van der Waals surface area (Å²) in [6.45, 7) is 0. The largest absolute Gasteiger partial charge is 0.465 e. The minimum atomic E-state index is -0.427. The zero-order valence-corrected chi connectivity index (χ0v) is 12.4. The lowest BCUT2D eigenvalue weighted by atomic mass is 10.2. The van der Waals surface area contributed by atoms with Crippen LogP contribution in [0.4, 0.5) is 0 Å². The third kappa shape index (κ3) is 2.57. The predicted molar refractivity (Wildman–Crippen MR) is 79.8 cm³/mol. The molecule has 5 nitrogen and oxygen atoms in total. The molecule has 0 aliphatic carbocycles. The van der Waals surface area contributed by atoms with Gasteiger partial charge in [-0.1, -0.05) is 23.2 Å². The van der Waals surface area contributed by atoms with Gasteiger partial charge < -0.3 is 4.74 Å². The second-order valence-corrected chi connectivity index (χ2v) is 5.09. The van der Waals surface area contributed by atoms with E-state index in [1.54, 1.807) is 36.5 Å². The highest BCUT2D eigenvalue weighted by atomic mass is 35.5. The van der Waals surface area contributed by atoms with E-state index in [1.165, 1.54) is 11.6 Å². The van der Waals surface area contributed by atoms with E-state index in [0.29, 0.717) is 27.1 Å². The van der Waals surface area contributed by atoms with Gasteiger partial charge in [-0.2, -0.15) is 0 Å². The fourth-order valence-electron chi connectivity index (χ4n) is 1.88. The number of fused-ring (bicyclic) bond motifs is 1. The quantitative estimate of drug-likeness (QED) is 0.678. The number of methoxy groups -OCH3 is 1. The molecular weight excluding hydrogens is 313 g/mol. The second-order valence-electron chi connectivity index (χ2n) is 4.28. The molecule has 0 unspecified atom stereocenters. The van der Waals surface area contributed by atoms with Gasteiger partial charge in [0.25, 0.3) is 0 Å². The van der Waals surface area contributed by atoms with Crippen molar-refractivity contribution in [2.24, 2.45) is 0 Å². The van der Waals surface area contributed by atoms with Crippen molar-refractivity contribution >= 4 is 34.8 Å². The topological polar surface area (TPSA) is 56.5 Å². The maximum absolute atomic E-state index is 11.5. The number of ether oxygens (including phenoxy) is 1. The van der Waals surface area contributed by atoms with E-state index in [2.05, 4.69) is 14.8 Å². The van der Waals surface area contributed by atoms with Crippen LogP contribution in [0.3, 0.4) is 0 Å². The molecule has 0 atom stereocenters. The van der Waals surface area contributed by atoms with Gasteiger partial charge in [0.1, 0.15) is 0 Å². The van der Waals surface area contributed by atoms with Crippen molar-refractivity contribution in [3.05, 3.63) is 52.1 Å². The first-order valence-corrected chi connectivity index (χ1v) is 6.74. The molecule has 0 amide bonds. The molecule has 21 heavy (non-hydrogen) atoms. The molecule has 3 aromatic rings. The van der Waals surface area contributed by atoms with Gasteiger partial charge in [-0.15, -0.1) is 5.10 Å². The molecule has 0 saturated heterocycles. The Morgan fingerprint density at radius 3 is 2.71 bits per heavy atom. The van der Waals surface area contributed by atoms with Crippen LogP contribution < -0.4 is 0 Å². The van der Waals surface area contributed by atoms with E-state index in [1.807, 2.05) is 0 Å². The number of carbonyl (C=O) groups is 1. The van der Waals surface area contributed by atoms with Crippen LogP contribution in [-0.4, -0.2) is 27.7 Å². The minimum absolute atomic E-state index is 0.399. The summed E-state index contributed by atoms with van der Waals surface area (Å²) in [7, 11) is 1.33. The Balaban J connectivity index is 2.08. The maximum Gasteiger partial charge on any atom is 0.339 e. The van der Waals surface area contributed by atoms with Crippen LogP contribution in [0.25, 0.3) is 17.0 Å². The van der Waals surface area contributed by atoms with E-state index in [0.717, 1.165) is 5.56 Å². The summed E-state index contributed by atoms with van der Waals surface area (Å²) in [6, 6.07) is 8.49. The Labute approximate surface area is 130 Å². The molecule has 2 heterocycles. The third-order valence-electron chi connectivity index (χ3n) is 2.93. The molecule has 0 bridgehead atoms. The molecule has 7 heteroatoms. The fraction of sp³-hybridized carbons (Fsp3) is 0.0714. The number of hydrogen-bond acceptors (Lipinski definition) is 4. The number of halogens is 2. The van der Waals surface area contributed by atoms with Gasteiger partial charge in [0.2, 0.25) is 0 Å². The normalized spacial score (nSPS) is 10.8. The molecule has 2 aromatic heterocycles. The van der Waals surface area contributed by atoms with Gasteiger partial charge in [-0.3, -0.25) is 0 Å². The zero-order chi connectivity index (χ0) is 15.0. The summed E-state index contributed by atoms with van der Waals surface area (Å²) >= 11 is 11.9. The van der Waals surface area contributed by atoms with Crippen LogP contribution in [-0.2, 0) is 4.74 Å². The highest BCUT2D eigenvalue weighted by Gasteiger charge is 2.11. The monoisotopic (exact) mass is 321 g/mol. The van der Waals surface area contributed by atoms with Crippen LogP contribution in [0.15, 0.2) is 36.5 Å². The SMILES string of the molecule is COC(=O)c1ccc2nc(-c3ccc(Cl)c(Cl)c3)nn2c1. The summed E-state index contributed by atoms with van der Waals surface area (Å²) in [4.78, 5) is 15.9. The van der Waals surface area contributed by atoms with E-state index in [-0.39, 0.29) is 0 Å². The highest BCUT2D eigenvalue weighted by molar-refractivity contribution is 6.42. The summed E-state index contributed by atoms with van der Waals surface area (Å²) < 4.78 is 6.19. The molecule has 0 spiro atoms. The summed E-state index contributed by atoms with van der Waals surface area (Å²) in [5.41, 5.74) is 1.76. The summed E-state index contributed by atoms with van der Waals surface area (Å²) in [5.74, 6) is 0.0686. The molecule has 0 radical (unpaired) electrons. The lowest BCUT2D eigenvalue weighted by Crippen LogP contribution is -2.03. The maximum atomic E-state index is 11.5. The van der Waals surface area contributed by atoms with E-state index in [9.17, 15) is 4.79 Å². The number of hydrogen-bond donors (Lipinski definition) is 0. The molecule has 0 aliphatic heterocycles. The average molecular weight is 322 g/mol. The Morgan fingerprint density at radius 2 is 2.00 bits per heavy atom. The Kier molecular flexibility index (Phi) is 3.53. The van der Waals surface area contributed by atoms with Crippen LogP contribution in [0, 0.1) is 0 Å². The van der Waals surface area contributed by atoms with Gasteiger partial charge in [0.15, 0.2) is 11.5 Å². The molecule has 0 aliphatic rings. The van der Waals surface area contributed by atoms with Crippen molar-refractivity contribution in [1.82, 2.24) is 14.6 Å². The van der Waals surface area contributed by atoms with Crippen LogP contribution in [0.1, 0.15) is 10.4 Å². The number of rotatable bonds is 2. The standard InChI is InChI=1S/C14H9Cl2N3O2/c1-21-14(20)9-3-5-12-17-13(18-19(12)7-9)8-2-4-10(15)11(16)6-8/h2-7H,1H3. The fourth-order valence-corrected chi connectivity index (χ4v) is 2.18. The lowest BCUT2D eigenvalue weighted by Gasteiger charge is -1.98. The van der Waals surface area contributed by atoms with Crippen molar-refractivity contribution in [1.29, 1.82) is 0 Å². The lowest BCUT2D eigenvalue weighted by molar-refractivity contribution is 0.0600. The molecular formula is C14H9Cl2N3O2. The molecule has 0 N–H and O–H groups in total.